The molecule has 74 valence electrons. The molecular formula is C10H8Br2O2. The number of allylic oxidation sites excluding steroid dienone is 1. The lowest BCUT2D eigenvalue weighted by molar-refractivity contribution is -0.104. The topological polar surface area (TPSA) is 37.3 Å². The fraction of sp³-hybridized carbons (Fsp3) is 0.100. The predicted octanol–water partition coefficient (Wildman–Crippen LogP) is 3.52. The van der Waals surface area contributed by atoms with Gasteiger partial charge in [0.1, 0.15) is 12.0 Å². The van der Waals surface area contributed by atoms with Crippen LogP contribution in [0.1, 0.15) is 12.5 Å². The Morgan fingerprint density at radius 1 is 1.43 bits per heavy atom. The minimum Gasteiger partial charge on any atom is -0.506 e. The highest BCUT2D eigenvalue weighted by molar-refractivity contribution is 9.11. The van der Waals surface area contributed by atoms with Crippen LogP contribution in [0.4, 0.5) is 0 Å². The minimum absolute atomic E-state index is 0.134. The van der Waals surface area contributed by atoms with Gasteiger partial charge in [0.15, 0.2) is 0 Å². The van der Waals surface area contributed by atoms with Gasteiger partial charge in [0.2, 0.25) is 0 Å². The monoisotopic (exact) mass is 318 g/mol. The van der Waals surface area contributed by atoms with Gasteiger partial charge in [-0.1, -0.05) is 15.9 Å². The molecule has 1 rings (SSSR count). The number of phenols is 1. The molecule has 2 nitrogen and oxygen atoms in total. The van der Waals surface area contributed by atoms with Crippen molar-refractivity contribution in [3.05, 3.63) is 32.2 Å². The third-order valence-corrected chi connectivity index (χ3v) is 2.69. The minimum atomic E-state index is 0.134. The first-order valence-electron chi connectivity index (χ1n) is 3.86. The molecule has 1 aromatic carbocycles. The number of phenolic OH excluding ortho intramolecular Hbond substituents is 1. The number of carbonyl (C=O) groups is 1. The predicted molar refractivity (Wildman–Crippen MR) is 63.2 cm³/mol. The van der Waals surface area contributed by atoms with E-state index in [0.29, 0.717) is 15.6 Å². The third-order valence-electron chi connectivity index (χ3n) is 1.63. The largest absolute Gasteiger partial charge is 0.506 e. The fourth-order valence-corrected chi connectivity index (χ4v) is 2.23. The highest BCUT2D eigenvalue weighted by atomic mass is 79.9. The van der Waals surface area contributed by atoms with Crippen molar-refractivity contribution in [3.63, 3.8) is 0 Å². The van der Waals surface area contributed by atoms with E-state index in [9.17, 15) is 9.90 Å². The summed E-state index contributed by atoms with van der Waals surface area (Å²) < 4.78 is 1.43. The van der Waals surface area contributed by atoms with Crippen molar-refractivity contribution in [2.75, 3.05) is 0 Å². The quantitative estimate of drug-likeness (QED) is 0.669. The van der Waals surface area contributed by atoms with Gasteiger partial charge >= 0.3 is 0 Å². The van der Waals surface area contributed by atoms with E-state index in [1.54, 1.807) is 25.1 Å². The maximum atomic E-state index is 10.4. The summed E-state index contributed by atoms with van der Waals surface area (Å²) in [7, 11) is 0. The first-order valence-corrected chi connectivity index (χ1v) is 5.44. The van der Waals surface area contributed by atoms with Crippen LogP contribution in [0.15, 0.2) is 26.7 Å². The lowest BCUT2D eigenvalue weighted by Gasteiger charge is -2.03. The molecule has 0 aromatic heterocycles. The molecule has 14 heavy (non-hydrogen) atoms. The second kappa shape index (κ2) is 4.75. The van der Waals surface area contributed by atoms with E-state index >= 15 is 0 Å². The Bertz CT molecular complexity index is 397. The number of carbonyl (C=O) groups excluding carboxylic acids is 1. The number of hydrogen-bond acceptors (Lipinski definition) is 2. The molecule has 0 saturated carbocycles. The molecule has 0 spiro atoms. The van der Waals surface area contributed by atoms with Crippen LogP contribution in [0.3, 0.4) is 0 Å². The number of halogens is 2. The summed E-state index contributed by atoms with van der Waals surface area (Å²) in [6.07, 6.45) is 2.37. The zero-order valence-corrected chi connectivity index (χ0v) is 10.6. The Labute approximate surface area is 98.9 Å². The van der Waals surface area contributed by atoms with E-state index in [1.165, 1.54) is 0 Å². The Balaban J connectivity index is 3.27. The van der Waals surface area contributed by atoms with E-state index in [4.69, 9.17) is 0 Å². The summed E-state index contributed by atoms with van der Waals surface area (Å²) in [6.45, 7) is 1.68. The zero-order chi connectivity index (χ0) is 10.7. The molecule has 0 heterocycles. The zero-order valence-electron chi connectivity index (χ0n) is 7.42. The van der Waals surface area contributed by atoms with Gasteiger partial charge in [0, 0.05) is 10.0 Å². The highest BCUT2D eigenvalue weighted by Crippen LogP contribution is 2.32. The second-order valence-electron chi connectivity index (χ2n) is 2.83. The molecule has 0 aliphatic carbocycles. The normalized spacial score (nSPS) is 11.5. The second-order valence-corrected chi connectivity index (χ2v) is 4.60. The van der Waals surface area contributed by atoms with Gasteiger partial charge in [0.25, 0.3) is 0 Å². The van der Waals surface area contributed by atoms with Crippen molar-refractivity contribution in [2.45, 2.75) is 6.92 Å². The maximum absolute atomic E-state index is 10.4. The van der Waals surface area contributed by atoms with E-state index in [0.717, 1.165) is 10.8 Å². The van der Waals surface area contributed by atoms with Gasteiger partial charge in [-0.15, -0.1) is 0 Å². The van der Waals surface area contributed by atoms with Crippen molar-refractivity contribution in [3.8, 4) is 5.75 Å². The summed E-state index contributed by atoms with van der Waals surface area (Å²) >= 11 is 6.51. The first-order chi connectivity index (χ1) is 6.54. The number of benzene rings is 1. The van der Waals surface area contributed by atoms with Crippen LogP contribution in [0.5, 0.6) is 5.75 Å². The first kappa shape index (κ1) is 11.5. The van der Waals surface area contributed by atoms with Crippen molar-refractivity contribution in [1.82, 2.24) is 0 Å². The number of aromatic hydroxyl groups is 1. The van der Waals surface area contributed by atoms with Crippen LogP contribution in [0, 0.1) is 0 Å². The standard InChI is InChI=1S/C10H8Br2O2/c1-6(5-13)2-7-3-8(11)4-9(12)10(7)14/h2-5,14H,1H3/b6-2+. The van der Waals surface area contributed by atoms with E-state index in [-0.39, 0.29) is 5.75 Å². The average Bonchev–Trinajstić information content (AvgIpc) is 2.13. The Hall–Kier alpha value is -0.610. The van der Waals surface area contributed by atoms with Crippen LogP contribution in [0.25, 0.3) is 6.08 Å². The van der Waals surface area contributed by atoms with Crippen LogP contribution < -0.4 is 0 Å². The van der Waals surface area contributed by atoms with Crippen molar-refractivity contribution >= 4 is 44.2 Å². The molecule has 1 N–H and O–H groups in total. The Morgan fingerprint density at radius 2 is 2.07 bits per heavy atom. The third kappa shape index (κ3) is 2.69. The van der Waals surface area contributed by atoms with Crippen LogP contribution in [0.2, 0.25) is 0 Å². The van der Waals surface area contributed by atoms with Crippen LogP contribution in [-0.4, -0.2) is 11.4 Å². The van der Waals surface area contributed by atoms with Gasteiger partial charge < -0.3 is 5.11 Å². The van der Waals surface area contributed by atoms with Crippen LogP contribution in [-0.2, 0) is 4.79 Å². The van der Waals surface area contributed by atoms with E-state index in [2.05, 4.69) is 31.9 Å². The van der Waals surface area contributed by atoms with Gasteiger partial charge in [-0.05, 0) is 46.6 Å². The maximum Gasteiger partial charge on any atom is 0.145 e. The molecule has 4 heteroatoms. The molecule has 0 bridgehead atoms. The SMILES string of the molecule is C/C(C=O)=C\c1cc(Br)cc(Br)c1O. The number of rotatable bonds is 2. The molecule has 0 unspecified atom stereocenters. The molecule has 0 fully saturated rings. The van der Waals surface area contributed by atoms with Crippen molar-refractivity contribution < 1.29 is 9.90 Å². The molecule has 1 aromatic rings. The van der Waals surface area contributed by atoms with E-state index in [1.807, 2.05) is 0 Å². The lowest BCUT2D eigenvalue weighted by atomic mass is 10.1. The van der Waals surface area contributed by atoms with Gasteiger partial charge in [-0.2, -0.15) is 0 Å². The smallest absolute Gasteiger partial charge is 0.145 e. The number of aldehydes is 1. The van der Waals surface area contributed by atoms with E-state index < -0.39 is 0 Å². The summed E-state index contributed by atoms with van der Waals surface area (Å²) in [6, 6.07) is 3.48. The molecule has 0 aliphatic rings. The van der Waals surface area contributed by atoms with Gasteiger partial charge in [-0.25, -0.2) is 0 Å². The van der Waals surface area contributed by atoms with Crippen LogP contribution >= 0.6 is 31.9 Å². The Morgan fingerprint density at radius 3 is 2.64 bits per heavy atom. The molecule has 0 atom stereocenters. The van der Waals surface area contributed by atoms with Crippen molar-refractivity contribution in [2.24, 2.45) is 0 Å². The highest BCUT2D eigenvalue weighted by Gasteiger charge is 2.05. The lowest BCUT2D eigenvalue weighted by Crippen LogP contribution is -1.81. The molecular weight excluding hydrogens is 312 g/mol. The summed E-state index contributed by atoms with van der Waals surface area (Å²) in [5.41, 5.74) is 1.17. The Kier molecular flexibility index (Phi) is 3.89. The summed E-state index contributed by atoms with van der Waals surface area (Å²) in [5.74, 6) is 0.134. The molecule has 0 saturated heterocycles. The average molecular weight is 320 g/mol. The molecule has 0 radical (unpaired) electrons. The molecule has 0 amide bonds. The number of hydrogen-bond donors (Lipinski definition) is 1. The molecule has 0 aliphatic heterocycles. The van der Waals surface area contributed by atoms with Gasteiger partial charge in [0.05, 0.1) is 4.47 Å². The summed E-state index contributed by atoms with van der Waals surface area (Å²) in [5, 5.41) is 9.64. The summed E-state index contributed by atoms with van der Waals surface area (Å²) in [4.78, 5) is 10.4. The van der Waals surface area contributed by atoms with Crippen molar-refractivity contribution in [1.29, 1.82) is 0 Å². The van der Waals surface area contributed by atoms with Gasteiger partial charge in [-0.3, -0.25) is 4.79 Å². The fourth-order valence-electron chi connectivity index (χ4n) is 0.975.